The third-order valence-electron chi connectivity index (χ3n) is 2.56. The topological polar surface area (TPSA) is 23.5 Å². The zero-order valence-electron chi connectivity index (χ0n) is 8.38. The Kier molecular flexibility index (Phi) is 2.05. The molecule has 0 amide bonds. The summed E-state index contributed by atoms with van der Waals surface area (Å²) in [4.78, 5) is 2.31. The van der Waals surface area contributed by atoms with Gasteiger partial charge in [0.1, 0.15) is 0 Å². The van der Waals surface area contributed by atoms with Gasteiger partial charge in [0.25, 0.3) is 0 Å². The van der Waals surface area contributed by atoms with Crippen LogP contribution in [0.2, 0.25) is 0 Å². The zero-order valence-corrected chi connectivity index (χ0v) is 8.38. The molecule has 1 aliphatic heterocycles. The van der Waals surface area contributed by atoms with Crippen LogP contribution in [0.1, 0.15) is 20.3 Å². The van der Waals surface area contributed by atoms with Crippen molar-refractivity contribution in [3.63, 3.8) is 0 Å². The fourth-order valence-electron chi connectivity index (χ4n) is 2.15. The quantitative estimate of drug-likeness (QED) is 0.691. The molecule has 1 N–H and O–H groups in total. The lowest BCUT2D eigenvalue weighted by atomic mass is 10.1. The summed E-state index contributed by atoms with van der Waals surface area (Å²) in [5, 5.41) is 9.66. The van der Waals surface area contributed by atoms with Crippen molar-refractivity contribution in [3.05, 3.63) is 23.3 Å². The fourth-order valence-corrected chi connectivity index (χ4v) is 2.15. The molecule has 1 aliphatic carbocycles. The average molecular weight is 179 g/mol. The predicted molar refractivity (Wildman–Crippen MR) is 53.5 cm³/mol. The van der Waals surface area contributed by atoms with Gasteiger partial charge in [0.15, 0.2) is 0 Å². The van der Waals surface area contributed by atoms with Crippen molar-refractivity contribution in [3.8, 4) is 0 Å². The summed E-state index contributed by atoms with van der Waals surface area (Å²) in [6, 6.07) is 0. The van der Waals surface area contributed by atoms with Crippen LogP contribution in [0.25, 0.3) is 0 Å². The molecule has 0 unspecified atom stereocenters. The highest BCUT2D eigenvalue weighted by Crippen LogP contribution is 2.27. The molecule has 2 rings (SSSR count). The fraction of sp³-hybridized carbons (Fsp3) is 0.636. The van der Waals surface area contributed by atoms with Crippen molar-refractivity contribution in [1.82, 2.24) is 4.90 Å². The first-order valence-corrected chi connectivity index (χ1v) is 4.87. The molecule has 13 heavy (non-hydrogen) atoms. The molecular weight excluding hydrogens is 162 g/mol. The van der Waals surface area contributed by atoms with Crippen molar-refractivity contribution >= 4 is 0 Å². The highest BCUT2D eigenvalue weighted by Gasteiger charge is 2.26. The van der Waals surface area contributed by atoms with Crippen LogP contribution in [0.4, 0.5) is 0 Å². The lowest BCUT2D eigenvalue weighted by molar-refractivity contribution is 0.0448. The first kappa shape index (κ1) is 8.97. The molecule has 0 atom stereocenters. The second-order valence-electron chi connectivity index (χ2n) is 4.69. The van der Waals surface area contributed by atoms with Gasteiger partial charge in [0, 0.05) is 19.6 Å². The molecule has 2 nitrogen and oxygen atoms in total. The molecule has 0 aromatic carbocycles. The van der Waals surface area contributed by atoms with E-state index in [0.29, 0.717) is 0 Å². The summed E-state index contributed by atoms with van der Waals surface area (Å²) < 4.78 is 0. The van der Waals surface area contributed by atoms with E-state index in [0.717, 1.165) is 26.1 Å². The van der Waals surface area contributed by atoms with Crippen LogP contribution in [0, 0.1) is 0 Å². The zero-order chi connectivity index (χ0) is 9.47. The minimum absolute atomic E-state index is 0.566. The average Bonchev–Trinajstić information content (AvgIpc) is 2.40. The first-order chi connectivity index (χ1) is 6.04. The van der Waals surface area contributed by atoms with Gasteiger partial charge in [0.2, 0.25) is 0 Å². The second kappa shape index (κ2) is 2.96. The molecule has 72 valence electrons. The van der Waals surface area contributed by atoms with Crippen LogP contribution in [0.3, 0.4) is 0 Å². The Hall–Kier alpha value is -0.600. The van der Waals surface area contributed by atoms with Crippen LogP contribution in [-0.4, -0.2) is 35.2 Å². The summed E-state index contributed by atoms with van der Waals surface area (Å²) in [5.41, 5.74) is 2.46. The normalized spacial score (nSPS) is 23.0. The molecule has 1 heterocycles. The van der Waals surface area contributed by atoms with E-state index >= 15 is 0 Å². The third-order valence-corrected chi connectivity index (χ3v) is 2.56. The van der Waals surface area contributed by atoms with Gasteiger partial charge < -0.3 is 5.11 Å². The van der Waals surface area contributed by atoms with Gasteiger partial charge in [-0.15, -0.1) is 0 Å². The highest BCUT2D eigenvalue weighted by molar-refractivity contribution is 5.39. The largest absolute Gasteiger partial charge is 0.389 e. The van der Waals surface area contributed by atoms with E-state index in [1.54, 1.807) is 5.57 Å². The minimum atomic E-state index is -0.566. The lowest BCUT2D eigenvalue weighted by Crippen LogP contribution is -2.37. The van der Waals surface area contributed by atoms with Crippen LogP contribution in [0.5, 0.6) is 0 Å². The molecule has 0 saturated heterocycles. The number of β-amino-alcohol motifs (C(OH)–C–C–N with tert-alkyl or cyclic N) is 1. The van der Waals surface area contributed by atoms with E-state index in [1.807, 2.05) is 13.8 Å². The van der Waals surface area contributed by atoms with E-state index in [1.165, 1.54) is 5.57 Å². The minimum Gasteiger partial charge on any atom is -0.389 e. The Morgan fingerprint density at radius 3 is 2.85 bits per heavy atom. The van der Waals surface area contributed by atoms with Gasteiger partial charge in [0.05, 0.1) is 5.60 Å². The van der Waals surface area contributed by atoms with E-state index in [4.69, 9.17) is 0 Å². The Bertz CT molecular complexity index is 270. The lowest BCUT2D eigenvalue weighted by Gasteiger charge is -2.25. The number of aliphatic hydroxyl groups is 1. The van der Waals surface area contributed by atoms with Gasteiger partial charge in [-0.05, 0) is 31.4 Å². The summed E-state index contributed by atoms with van der Waals surface area (Å²) in [7, 11) is 0. The van der Waals surface area contributed by atoms with E-state index in [2.05, 4.69) is 17.1 Å². The molecule has 0 fully saturated rings. The Morgan fingerprint density at radius 1 is 1.46 bits per heavy atom. The summed E-state index contributed by atoms with van der Waals surface area (Å²) in [6.07, 6.45) is 5.57. The van der Waals surface area contributed by atoms with E-state index in [-0.39, 0.29) is 0 Å². The molecule has 0 radical (unpaired) electrons. The molecule has 0 saturated carbocycles. The van der Waals surface area contributed by atoms with Gasteiger partial charge in [-0.25, -0.2) is 0 Å². The number of rotatable bonds is 2. The van der Waals surface area contributed by atoms with Crippen molar-refractivity contribution in [2.24, 2.45) is 0 Å². The van der Waals surface area contributed by atoms with Crippen molar-refractivity contribution in [2.75, 3.05) is 19.6 Å². The number of nitrogens with zero attached hydrogens (tertiary/aromatic N) is 1. The first-order valence-electron chi connectivity index (χ1n) is 4.87. The van der Waals surface area contributed by atoms with Gasteiger partial charge in [-0.3, -0.25) is 4.90 Å². The van der Waals surface area contributed by atoms with E-state index < -0.39 is 5.60 Å². The Labute approximate surface area is 79.6 Å². The number of hydrogen-bond acceptors (Lipinski definition) is 2. The highest BCUT2D eigenvalue weighted by atomic mass is 16.3. The smallest absolute Gasteiger partial charge is 0.0718 e. The van der Waals surface area contributed by atoms with Crippen LogP contribution in [-0.2, 0) is 0 Å². The Morgan fingerprint density at radius 2 is 2.23 bits per heavy atom. The van der Waals surface area contributed by atoms with Crippen molar-refractivity contribution in [2.45, 2.75) is 25.9 Å². The standard InChI is InChI=1S/C11H17NO/c1-11(2,13)8-12-6-9-4-3-5-10(9)7-12/h3-4,13H,5-8H2,1-2H3. The maximum Gasteiger partial charge on any atom is 0.0718 e. The van der Waals surface area contributed by atoms with Gasteiger partial charge in [-0.1, -0.05) is 12.2 Å². The third kappa shape index (κ3) is 2.01. The van der Waals surface area contributed by atoms with Crippen molar-refractivity contribution < 1.29 is 5.11 Å². The predicted octanol–water partition coefficient (Wildman–Crippen LogP) is 1.33. The number of allylic oxidation sites excluding steroid dienone is 1. The monoisotopic (exact) mass is 179 g/mol. The van der Waals surface area contributed by atoms with Gasteiger partial charge >= 0.3 is 0 Å². The molecule has 0 spiro atoms. The van der Waals surface area contributed by atoms with Crippen LogP contribution >= 0.6 is 0 Å². The molecule has 0 aromatic heterocycles. The molecular formula is C11H17NO. The second-order valence-corrected chi connectivity index (χ2v) is 4.69. The van der Waals surface area contributed by atoms with Crippen LogP contribution in [0.15, 0.2) is 23.3 Å². The summed E-state index contributed by atoms with van der Waals surface area (Å²) in [6.45, 7) is 6.58. The van der Waals surface area contributed by atoms with Gasteiger partial charge in [-0.2, -0.15) is 0 Å². The summed E-state index contributed by atoms with van der Waals surface area (Å²) >= 11 is 0. The maximum atomic E-state index is 9.66. The summed E-state index contributed by atoms with van der Waals surface area (Å²) in [5.74, 6) is 0. The molecule has 0 bridgehead atoms. The molecule has 0 aromatic rings. The van der Waals surface area contributed by atoms with Crippen LogP contribution < -0.4 is 0 Å². The van der Waals surface area contributed by atoms with Crippen molar-refractivity contribution in [1.29, 1.82) is 0 Å². The maximum absolute atomic E-state index is 9.66. The SMILES string of the molecule is CC(C)(O)CN1CC2=C(CC=C2)C1. The number of hydrogen-bond donors (Lipinski definition) is 1. The molecule has 2 heteroatoms. The Balaban J connectivity index is 1.92. The van der Waals surface area contributed by atoms with E-state index in [9.17, 15) is 5.11 Å². The molecule has 2 aliphatic rings.